The summed E-state index contributed by atoms with van der Waals surface area (Å²) in [6.45, 7) is 0. The lowest BCUT2D eigenvalue weighted by molar-refractivity contribution is 0.100. The molecule has 0 fully saturated rings. The highest BCUT2D eigenvalue weighted by Gasteiger charge is 2.09. The Balaban J connectivity index is 2.39. The lowest BCUT2D eigenvalue weighted by atomic mass is 10.1. The third kappa shape index (κ3) is 2.80. The zero-order valence-corrected chi connectivity index (χ0v) is 10.8. The van der Waals surface area contributed by atoms with Gasteiger partial charge in [-0.3, -0.25) is 4.79 Å². The van der Waals surface area contributed by atoms with Crippen molar-refractivity contribution in [2.45, 2.75) is 0 Å². The van der Waals surface area contributed by atoms with E-state index in [0.717, 1.165) is 0 Å². The molecule has 2 aromatic carbocycles. The van der Waals surface area contributed by atoms with Crippen LogP contribution in [-0.2, 0) is 0 Å². The predicted molar refractivity (Wildman–Crippen MR) is 75.6 cm³/mol. The number of ether oxygens (including phenoxy) is 1. The molecule has 104 valence electrons. The number of halogens is 1. The van der Waals surface area contributed by atoms with Crippen LogP contribution in [0.15, 0.2) is 36.4 Å². The van der Waals surface area contributed by atoms with Gasteiger partial charge in [0.25, 0.3) is 0 Å². The number of benzene rings is 2. The molecule has 0 heterocycles. The van der Waals surface area contributed by atoms with E-state index in [-0.39, 0.29) is 0 Å². The van der Waals surface area contributed by atoms with Crippen molar-refractivity contribution in [2.24, 2.45) is 5.73 Å². The quantitative estimate of drug-likeness (QED) is 0.746. The summed E-state index contributed by atoms with van der Waals surface area (Å²) in [5, 5.41) is 2.99. The molecule has 5 N–H and O–H groups in total. The number of anilines is 3. The molecule has 0 bridgehead atoms. The molecule has 6 heteroatoms. The van der Waals surface area contributed by atoms with Gasteiger partial charge in [0.05, 0.1) is 24.2 Å². The number of carbonyl (C=O) groups excluding carboxylic acids is 1. The summed E-state index contributed by atoms with van der Waals surface area (Å²) in [6.07, 6.45) is 0. The molecular weight excluding hydrogens is 261 g/mol. The molecule has 5 nitrogen and oxygen atoms in total. The maximum absolute atomic E-state index is 13.1. The summed E-state index contributed by atoms with van der Waals surface area (Å²) in [5.41, 5.74) is 12.8. The zero-order chi connectivity index (χ0) is 14.7. The minimum atomic E-state index is -0.556. The average molecular weight is 275 g/mol. The summed E-state index contributed by atoms with van der Waals surface area (Å²) in [5.74, 6) is -0.640. The number of carbonyl (C=O) groups is 1. The first-order valence-electron chi connectivity index (χ1n) is 5.81. The Hall–Kier alpha value is -2.76. The van der Waals surface area contributed by atoms with Crippen LogP contribution >= 0.6 is 0 Å². The van der Waals surface area contributed by atoms with E-state index in [4.69, 9.17) is 16.2 Å². The molecule has 0 aliphatic heterocycles. The molecule has 0 unspecified atom stereocenters. The molecule has 0 atom stereocenters. The van der Waals surface area contributed by atoms with Crippen molar-refractivity contribution in [3.63, 3.8) is 0 Å². The van der Waals surface area contributed by atoms with E-state index >= 15 is 0 Å². The normalized spacial score (nSPS) is 10.1. The van der Waals surface area contributed by atoms with Gasteiger partial charge >= 0.3 is 0 Å². The third-order valence-corrected chi connectivity index (χ3v) is 2.77. The number of hydrogen-bond donors (Lipinski definition) is 3. The fourth-order valence-corrected chi connectivity index (χ4v) is 1.73. The van der Waals surface area contributed by atoms with Gasteiger partial charge in [0.1, 0.15) is 11.6 Å². The number of nitrogen functional groups attached to an aromatic ring is 1. The van der Waals surface area contributed by atoms with Crippen molar-refractivity contribution in [1.82, 2.24) is 0 Å². The maximum atomic E-state index is 13.1. The van der Waals surface area contributed by atoms with E-state index in [1.807, 2.05) is 0 Å². The Morgan fingerprint density at radius 1 is 1.20 bits per heavy atom. The second-order valence-corrected chi connectivity index (χ2v) is 4.14. The minimum Gasteiger partial charge on any atom is -0.494 e. The summed E-state index contributed by atoms with van der Waals surface area (Å²) < 4.78 is 18.2. The Kier molecular flexibility index (Phi) is 3.74. The van der Waals surface area contributed by atoms with Crippen LogP contribution < -0.4 is 21.5 Å². The third-order valence-electron chi connectivity index (χ3n) is 2.77. The number of primary amides is 1. The van der Waals surface area contributed by atoms with E-state index in [9.17, 15) is 9.18 Å². The fourth-order valence-electron chi connectivity index (χ4n) is 1.73. The second-order valence-electron chi connectivity index (χ2n) is 4.14. The SMILES string of the molecule is COc1cc(F)ccc1Nc1cc(C(N)=O)ccc1N. The number of methoxy groups -OCH3 is 1. The molecule has 0 aliphatic carbocycles. The minimum absolute atomic E-state index is 0.322. The molecule has 2 rings (SSSR count). The van der Waals surface area contributed by atoms with Crippen molar-refractivity contribution >= 4 is 23.0 Å². The Morgan fingerprint density at radius 2 is 1.95 bits per heavy atom. The van der Waals surface area contributed by atoms with Crippen LogP contribution in [0.25, 0.3) is 0 Å². The van der Waals surface area contributed by atoms with Gasteiger partial charge in [0, 0.05) is 11.6 Å². The van der Waals surface area contributed by atoms with Crippen molar-refractivity contribution in [1.29, 1.82) is 0 Å². The van der Waals surface area contributed by atoms with E-state index in [2.05, 4.69) is 5.32 Å². The largest absolute Gasteiger partial charge is 0.494 e. The van der Waals surface area contributed by atoms with Gasteiger partial charge in [-0.25, -0.2) is 4.39 Å². The molecule has 0 radical (unpaired) electrons. The summed E-state index contributed by atoms with van der Waals surface area (Å²) >= 11 is 0. The van der Waals surface area contributed by atoms with E-state index < -0.39 is 11.7 Å². The predicted octanol–water partition coefficient (Wildman–Crippen LogP) is 2.26. The van der Waals surface area contributed by atoms with Crippen LogP contribution in [0, 0.1) is 5.82 Å². The van der Waals surface area contributed by atoms with E-state index in [0.29, 0.717) is 28.4 Å². The van der Waals surface area contributed by atoms with Crippen LogP contribution in [0.1, 0.15) is 10.4 Å². The van der Waals surface area contributed by atoms with Crippen LogP contribution in [-0.4, -0.2) is 13.0 Å². The number of hydrogen-bond acceptors (Lipinski definition) is 4. The molecule has 0 spiro atoms. The molecule has 1 amide bonds. The Labute approximate surface area is 115 Å². The van der Waals surface area contributed by atoms with Gasteiger partial charge in [-0.05, 0) is 30.3 Å². The molecule has 0 aliphatic rings. The smallest absolute Gasteiger partial charge is 0.248 e. The van der Waals surface area contributed by atoms with Crippen LogP contribution in [0.5, 0.6) is 5.75 Å². The van der Waals surface area contributed by atoms with Gasteiger partial charge < -0.3 is 21.5 Å². The summed E-state index contributed by atoms with van der Waals surface area (Å²) in [6, 6.07) is 8.68. The van der Waals surface area contributed by atoms with Crippen molar-refractivity contribution < 1.29 is 13.9 Å². The van der Waals surface area contributed by atoms with Gasteiger partial charge in [-0.1, -0.05) is 0 Å². The standard InChI is InChI=1S/C14H14FN3O2/c1-20-13-7-9(15)3-5-11(13)18-12-6-8(14(17)19)2-4-10(12)16/h2-7,18H,16H2,1H3,(H2,17,19). The molecule has 0 saturated carbocycles. The fraction of sp³-hybridized carbons (Fsp3) is 0.0714. The monoisotopic (exact) mass is 275 g/mol. The first kappa shape index (κ1) is 13.7. The average Bonchev–Trinajstić information content (AvgIpc) is 2.42. The highest BCUT2D eigenvalue weighted by atomic mass is 19.1. The first-order chi connectivity index (χ1) is 9.51. The Bertz CT molecular complexity index is 659. The molecule has 0 saturated heterocycles. The van der Waals surface area contributed by atoms with Crippen LogP contribution in [0.3, 0.4) is 0 Å². The highest BCUT2D eigenvalue weighted by molar-refractivity contribution is 5.95. The molecule has 2 aromatic rings. The number of nitrogens with two attached hydrogens (primary N) is 2. The van der Waals surface area contributed by atoms with E-state index in [1.165, 1.54) is 37.4 Å². The van der Waals surface area contributed by atoms with Crippen molar-refractivity contribution in [3.05, 3.63) is 47.8 Å². The second kappa shape index (κ2) is 5.48. The van der Waals surface area contributed by atoms with Crippen LogP contribution in [0.4, 0.5) is 21.5 Å². The van der Waals surface area contributed by atoms with Gasteiger partial charge in [-0.2, -0.15) is 0 Å². The van der Waals surface area contributed by atoms with Gasteiger partial charge in [0.2, 0.25) is 5.91 Å². The molecule has 20 heavy (non-hydrogen) atoms. The Morgan fingerprint density at radius 3 is 2.60 bits per heavy atom. The summed E-state index contributed by atoms with van der Waals surface area (Å²) in [7, 11) is 1.43. The van der Waals surface area contributed by atoms with Crippen molar-refractivity contribution in [3.8, 4) is 5.75 Å². The molecule has 0 aromatic heterocycles. The highest BCUT2D eigenvalue weighted by Crippen LogP contribution is 2.31. The lowest BCUT2D eigenvalue weighted by Gasteiger charge is -2.13. The van der Waals surface area contributed by atoms with Crippen molar-refractivity contribution in [2.75, 3.05) is 18.2 Å². The van der Waals surface area contributed by atoms with Crippen LogP contribution in [0.2, 0.25) is 0 Å². The summed E-state index contributed by atoms with van der Waals surface area (Å²) in [4.78, 5) is 11.2. The number of amides is 1. The topological polar surface area (TPSA) is 90.4 Å². The van der Waals surface area contributed by atoms with Gasteiger partial charge in [-0.15, -0.1) is 0 Å². The maximum Gasteiger partial charge on any atom is 0.248 e. The number of nitrogens with one attached hydrogen (secondary N) is 1. The van der Waals surface area contributed by atoms with E-state index in [1.54, 1.807) is 6.07 Å². The lowest BCUT2D eigenvalue weighted by Crippen LogP contribution is -2.11. The number of rotatable bonds is 4. The van der Waals surface area contributed by atoms with Gasteiger partial charge in [0.15, 0.2) is 0 Å². The molecular formula is C14H14FN3O2. The first-order valence-corrected chi connectivity index (χ1v) is 5.81. The zero-order valence-electron chi connectivity index (χ0n) is 10.8.